The molecule has 0 saturated carbocycles. The SMILES string of the molecule is [N-]=[N+]=NCC(=O)Nc1ccon1. The minimum absolute atomic E-state index is 0.247. The zero-order chi connectivity index (χ0) is 8.81. The standard InChI is InChI=1S/C5H5N5O2/c6-10-7-3-5(11)8-4-1-2-12-9-4/h1-2H,3H2,(H,8,9,11). The summed E-state index contributed by atoms with van der Waals surface area (Å²) in [6.07, 6.45) is 1.32. The van der Waals surface area contributed by atoms with E-state index < -0.39 is 5.91 Å². The summed E-state index contributed by atoms with van der Waals surface area (Å²) in [5, 5.41) is 8.83. The summed E-state index contributed by atoms with van der Waals surface area (Å²) < 4.78 is 4.45. The number of amides is 1. The highest BCUT2D eigenvalue weighted by molar-refractivity contribution is 5.91. The Balaban J connectivity index is 2.42. The number of hydrogen-bond acceptors (Lipinski definition) is 4. The Morgan fingerprint density at radius 2 is 2.75 bits per heavy atom. The molecule has 0 spiro atoms. The monoisotopic (exact) mass is 167 g/mol. The van der Waals surface area contributed by atoms with Crippen LogP contribution in [0.3, 0.4) is 0 Å². The molecule has 7 nitrogen and oxygen atoms in total. The van der Waals surface area contributed by atoms with Gasteiger partial charge in [-0.15, -0.1) is 0 Å². The van der Waals surface area contributed by atoms with Gasteiger partial charge in [0, 0.05) is 11.0 Å². The molecule has 1 amide bonds. The van der Waals surface area contributed by atoms with Crippen LogP contribution in [0.1, 0.15) is 0 Å². The first kappa shape index (κ1) is 8.09. The smallest absolute Gasteiger partial charge is 0.231 e. The number of carbonyl (C=O) groups is 1. The van der Waals surface area contributed by atoms with Crippen LogP contribution < -0.4 is 5.32 Å². The van der Waals surface area contributed by atoms with Crippen molar-refractivity contribution in [1.29, 1.82) is 0 Å². The fraction of sp³-hybridized carbons (Fsp3) is 0.200. The fourth-order valence-corrected chi connectivity index (χ4v) is 0.555. The van der Waals surface area contributed by atoms with Gasteiger partial charge in [-0.3, -0.25) is 4.79 Å². The van der Waals surface area contributed by atoms with Crippen molar-refractivity contribution >= 4 is 11.7 Å². The van der Waals surface area contributed by atoms with Crippen LogP contribution in [0, 0.1) is 0 Å². The van der Waals surface area contributed by atoms with Crippen molar-refractivity contribution in [3.8, 4) is 0 Å². The van der Waals surface area contributed by atoms with Gasteiger partial charge < -0.3 is 9.84 Å². The Morgan fingerprint density at radius 3 is 3.33 bits per heavy atom. The number of hydrogen-bond donors (Lipinski definition) is 1. The largest absolute Gasteiger partial charge is 0.363 e. The molecular formula is C5H5N5O2. The number of rotatable bonds is 3. The molecule has 0 aliphatic carbocycles. The Kier molecular flexibility index (Phi) is 2.69. The summed E-state index contributed by atoms with van der Waals surface area (Å²) in [6, 6.07) is 1.48. The molecule has 1 N–H and O–H groups in total. The minimum atomic E-state index is -0.429. The predicted octanol–water partition coefficient (Wildman–Crippen LogP) is 0.923. The van der Waals surface area contributed by atoms with Gasteiger partial charge in [0.25, 0.3) is 0 Å². The predicted molar refractivity (Wildman–Crippen MR) is 39.1 cm³/mol. The van der Waals surface area contributed by atoms with E-state index in [1.54, 1.807) is 0 Å². The maximum absolute atomic E-state index is 10.8. The molecule has 0 saturated heterocycles. The molecule has 1 rings (SSSR count). The van der Waals surface area contributed by atoms with Gasteiger partial charge >= 0.3 is 0 Å². The van der Waals surface area contributed by atoms with Crippen molar-refractivity contribution in [2.75, 3.05) is 11.9 Å². The molecule has 62 valence electrons. The second-order valence-corrected chi connectivity index (χ2v) is 1.82. The molecule has 7 heteroatoms. The molecule has 0 atom stereocenters. The third kappa shape index (κ3) is 2.31. The van der Waals surface area contributed by atoms with E-state index in [0.29, 0.717) is 5.82 Å². The number of carbonyl (C=O) groups excluding carboxylic acids is 1. The van der Waals surface area contributed by atoms with Gasteiger partial charge in [-0.1, -0.05) is 10.3 Å². The van der Waals surface area contributed by atoms with Crippen molar-refractivity contribution in [3.05, 3.63) is 22.8 Å². The maximum Gasteiger partial charge on any atom is 0.231 e. The van der Waals surface area contributed by atoms with Gasteiger partial charge in [0.2, 0.25) is 5.91 Å². The lowest BCUT2D eigenvalue weighted by molar-refractivity contribution is -0.114. The number of azide groups is 1. The molecule has 1 aromatic rings. The van der Waals surface area contributed by atoms with Crippen molar-refractivity contribution < 1.29 is 9.32 Å². The zero-order valence-electron chi connectivity index (χ0n) is 5.97. The van der Waals surface area contributed by atoms with E-state index in [-0.39, 0.29) is 6.54 Å². The van der Waals surface area contributed by atoms with Gasteiger partial charge in [-0.25, -0.2) is 0 Å². The molecule has 0 radical (unpaired) electrons. The van der Waals surface area contributed by atoms with E-state index >= 15 is 0 Å². The normalized spacial score (nSPS) is 8.67. The Hall–Kier alpha value is -2.01. The minimum Gasteiger partial charge on any atom is -0.363 e. The zero-order valence-corrected chi connectivity index (χ0v) is 5.97. The van der Waals surface area contributed by atoms with Gasteiger partial charge in [0.1, 0.15) is 12.8 Å². The summed E-state index contributed by atoms with van der Waals surface area (Å²) in [5.74, 6) is -0.130. The van der Waals surface area contributed by atoms with Gasteiger partial charge in [-0.2, -0.15) is 0 Å². The number of anilines is 1. The Bertz CT molecular complexity index is 300. The third-order valence-corrected chi connectivity index (χ3v) is 0.983. The van der Waals surface area contributed by atoms with Crippen LogP contribution in [0.15, 0.2) is 22.0 Å². The lowest BCUT2D eigenvalue weighted by Crippen LogP contribution is -2.14. The highest BCUT2D eigenvalue weighted by atomic mass is 16.5. The molecule has 0 fully saturated rings. The van der Waals surface area contributed by atoms with Crippen LogP contribution in [0.2, 0.25) is 0 Å². The van der Waals surface area contributed by atoms with Crippen molar-refractivity contribution in [2.45, 2.75) is 0 Å². The lowest BCUT2D eigenvalue weighted by Gasteiger charge is -1.94. The Labute approximate surface area is 67.0 Å². The van der Waals surface area contributed by atoms with Crippen LogP contribution >= 0.6 is 0 Å². The second kappa shape index (κ2) is 3.99. The summed E-state index contributed by atoms with van der Waals surface area (Å²) >= 11 is 0. The summed E-state index contributed by atoms with van der Waals surface area (Å²) in [7, 11) is 0. The van der Waals surface area contributed by atoms with Crippen molar-refractivity contribution in [1.82, 2.24) is 5.16 Å². The van der Waals surface area contributed by atoms with Crippen LogP contribution in [-0.2, 0) is 4.79 Å². The van der Waals surface area contributed by atoms with E-state index in [9.17, 15) is 4.79 Å². The topological polar surface area (TPSA) is 104 Å². The number of aromatic nitrogens is 1. The summed E-state index contributed by atoms with van der Waals surface area (Å²) in [4.78, 5) is 13.2. The maximum atomic E-state index is 10.8. The summed E-state index contributed by atoms with van der Waals surface area (Å²) in [5.41, 5.74) is 7.89. The first-order valence-electron chi connectivity index (χ1n) is 3.04. The third-order valence-electron chi connectivity index (χ3n) is 0.983. The molecule has 1 aromatic heterocycles. The second-order valence-electron chi connectivity index (χ2n) is 1.82. The molecule has 0 aromatic carbocycles. The van der Waals surface area contributed by atoms with Gasteiger partial charge in [-0.05, 0) is 5.53 Å². The molecule has 12 heavy (non-hydrogen) atoms. The first-order valence-corrected chi connectivity index (χ1v) is 3.04. The quantitative estimate of drug-likeness (QED) is 0.411. The van der Waals surface area contributed by atoms with Crippen molar-refractivity contribution in [3.63, 3.8) is 0 Å². The molecule has 0 bridgehead atoms. The van der Waals surface area contributed by atoms with Gasteiger partial charge in [0.05, 0.1) is 0 Å². The van der Waals surface area contributed by atoms with E-state index in [1.807, 2.05) is 0 Å². The van der Waals surface area contributed by atoms with Crippen molar-refractivity contribution in [2.24, 2.45) is 5.11 Å². The molecule has 0 unspecified atom stereocenters. The molecule has 1 heterocycles. The molecule has 0 aliphatic heterocycles. The highest BCUT2D eigenvalue weighted by Crippen LogP contribution is 1.99. The molecule has 0 aliphatic rings. The van der Waals surface area contributed by atoms with E-state index in [4.69, 9.17) is 5.53 Å². The average molecular weight is 167 g/mol. The first-order chi connectivity index (χ1) is 5.83. The van der Waals surface area contributed by atoms with Gasteiger partial charge in [0.15, 0.2) is 5.82 Å². The number of nitrogens with zero attached hydrogens (tertiary/aromatic N) is 4. The van der Waals surface area contributed by atoms with Crippen LogP contribution in [0.4, 0.5) is 5.82 Å². The van der Waals surface area contributed by atoms with Crippen LogP contribution in [0.5, 0.6) is 0 Å². The summed E-state index contributed by atoms with van der Waals surface area (Å²) in [6.45, 7) is -0.247. The van der Waals surface area contributed by atoms with E-state index in [2.05, 4.69) is 25.0 Å². The lowest BCUT2D eigenvalue weighted by atomic mass is 10.5. The Morgan fingerprint density at radius 1 is 1.92 bits per heavy atom. The fourth-order valence-electron chi connectivity index (χ4n) is 0.555. The number of nitrogens with one attached hydrogen (secondary N) is 1. The van der Waals surface area contributed by atoms with E-state index in [1.165, 1.54) is 12.3 Å². The van der Waals surface area contributed by atoms with Crippen LogP contribution in [-0.4, -0.2) is 17.6 Å². The van der Waals surface area contributed by atoms with Crippen LogP contribution in [0.25, 0.3) is 10.4 Å². The average Bonchev–Trinajstić information content (AvgIpc) is 2.53. The highest BCUT2D eigenvalue weighted by Gasteiger charge is 2.01. The van der Waals surface area contributed by atoms with E-state index in [0.717, 1.165) is 0 Å². The molecular weight excluding hydrogens is 162 g/mol.